The highest BCUT2D eigenvalue weighted by molar-refractivity contribution is 6.70. The molecule has 1 rings (SSSR count). The molecule has 1 atom stereocenters. The van der Waals surface area contributed by atoms with Crippen molar-refractivity contribution < 1.29 is 4.79 Å². The van der Waals surface area contributed by atoms with Crippen LogP contribution in [-0.2, 0) is 4.79 Å². The van der Waals surface area contributed by atoms with Crippen LogP contribution in [0.5, 0.6) is 0 Å². The Bertz CT molecular complexity index is 219. The molecule has 12 heavy (non-hydrogen) atoms. The van der Waals surface area contributed by atoms with Crippen molar-refractivity contribution in [2.75, 3.05) is 0 Å². The Hall–Kier alpha value is -0.443. The fraction of sp³-hybridized carbons (Fsp3) is 0.778. The molecule has 0 bridgehead atoms. The van der Waals surface area contributed by atoms with E-state index in [-0.39, 0.29) is 11.8 Å². The van der Waals surface area contributed by atoms with E-state index in [0.29, 0.717) is 0 Å². The van der Waals surface area contributed by atoms with Crippen LogP contribution in [0.25, 0.3) is 0 Å². The Kier molecular flexibility index (Phi) is 3.20. The third kappa shape index (κ3) is 2.03. The maximum Gasteiger partial charge on any atom is 0.224 e. The first-order chi connectivity index (χ1) is 5.63. The minimum absolute atomic E-state index is 0.101. The van der Waals surface area contributed by atoms with Gasteiger partial charge in [-0.25, -0.2) is 0 Å². The molecule has 1 fully saturated rings. The van der Waals surface area contributed by atoms with Crippen LogP contribution in [-0.4, -0.2) is 19.5 Å². The lowest BCUT2D eigenvalue weighted by Gasteiger charge is -2.24. The highest BCUT2D eigenvalue weighted by atomic mass is 28.2. The predicted octanol–water partition coefficient (Wildman–Crippen LogP) is 1.17. The number of primary amides is 1. The van der Waals surface area contributed by atoms with Crippen molar-refractivity contribution in [3.8, 4) is 0 Å². The molecule has 68 valence electrons. The van der Waals surface area contributed by atoms with Gasteiger partial charge in [0.25, 0.3) is 0 Å². The summed E-state index contributed by atoms with van der Waals surface area (Å²) in [5.74, 6) is 0.0125. The van der Waals surface area contributed by atoms with Crippen molar-refractivity contribution in [3.05, 3.63) is 0 Å². The fourth-order valence-electron chi connectivity index (χ4n) is 1.92. The summed E-state index contributed by atoms with van der Waals surface area (Å²) in [5, 5.41) is 1.47. The molecule has 1 aliphatic carbocycles. The first-order valence-corrected chi connectivity index (χ1v) is 7.08. The number of hydrogen-bond acceptors (Lipinski definition) is 1. The number of rotatable bonds is 1. The molecule has 0 aromatic carbocycles. The van der Waals surface area contributed by atoms with E-state index < -0.39 is 8.41 Å². The van der Waals surface area contributed by atoms with Gasteiger partial charge in [-0.05, 0) is 19.3 Å². The van der Waals surface area contributed by atoms with Crippen LogP contribution >= 0.6 is 0 Å². The summed E-state index contributed by atoms with van der Waals surface area (Å²) >= 11 is 0. The van der Waals surface area contributed by atoms with E-state index in [9.17, 15) is 4.79 Å². The van der Waals surface area contributed by atoms with E-state index in [4.69, 9.17) is 5.73 Å². The van der Waals surface area contributed by atoms with Crippen LogP contribution < -0.4 is 5.73 Å². The third-order valence-corrected chi connectivity index (χ3v) is 4.48. The van der Waals surface area contributed by atoms with Crippen LogP contribution in [0, 0.1) is 5.92 Å². The van der Waals surface area contributed by atoms with Gasteiger partial charge in [-0.1, -0.05) is 24.7 Å². The van der Waals surface area contributed by atoms with Gasteiger partial charge in [0.2, 0.25) is 5.91 Å². The minimum Gasteiger partial charge on any atom is -0.369 e. The molecule has 1 amide bonds. The second-order valence-corrected chi connectivity index (χ2v) is 6.37. The van der Waals surface area contributed by atoms with E-state index in [1.807, 2.05) is 0 Å². The van der Waals surface area contributed by atoms with Crippen molar-refractivity contribution in [2.24, 2.45) is 11.7 Å². The van der Waals surface area contributed by atoms with Crippen molar-refractivity contribution in [1.82, 2.24) is 0 Å². The Morgan fingerprint density at radius 1 is 1.50 bits per heavy atom. The first kappa shape index (κ1) is 9.64. The zero-order chi connectivity index (χ0) is 9.14. The van der Waals surface area contributed by atoms with E-state index in [1.54, 1.807) is 0 Å². The monoisotopic (exact) mass is 183 g/mol. The van der Waals surface area contributed by atoms with Gasteiger partial charge in [-0.2, -0.15) is 0 Å². The Morgan fingerprint density at radius 2 is 2.17 bits per heavy atom. The van der Waals surface area contributed by atoms with Crippen LogP contribution in [0.3, 0.4) is 0 Å². The predicted molar refractivity (Wildman–Crippen MR) is 53.6 cm³/mol. The molecular weight excluding hydrogens is 166 g/mol. The summed E-state index contributed by atoms with van der Waals surface area (Å²) in [5.41, 5.74) is 5.35. The lowest BCUT2D eigenvalue weighted by Crippen LogP contribution is -2.35. The van der Waals surface area contributed by atoms with Gasteiger partial charge in [-0.15, -0.1) is 0 Å². The highest BCUT2D eigenvalue weighted by Gasteiger charge is 2.23. The van der Waals surface area contributed by atoms with Gasteiger partial charge in [0, 0.05) is 8.41 Å². The van der Waals surface area contributed by atoms with Crippen LogP contribution in [0.1, 0.15) is 25.7 Å². The molecule has 0 aromatic rings. The molecule has 1 unspecified atom stereocenters. The molecule has 0 aromatic heterocycles. The number of carbonyl (C=O) groups is 1. The topological polar surface area (TPSA) is 43.1 Å². The second-order valence-electron chi connectivity index (χ2n) is 3.73. The Balaban J connectivity index is 2.82. The van der Waals surface area contributed by atoms with Crippen molar-refractivity contribution in [2.45, 2.75) is 38.8 Å². The average molecular weight is 183 g/mol. The number of nitrogens with two attached hydrogens (primary N) is 1. The summed E-state index contributed by atoms with van der Waals surface area (Å²) in [6.07, 6.45) is 4.58. The average Bonchev–Trinajstić information content (AvgIpc) is 2.04. The largest absolute Gasteiger partial charge is 0.369 e. The fourth-order valence-corrected chi connectivity index (χ4v) is 3.59. The van der Waals surface area contributed by atoms with Crippen LogP contribution in [0.15, 0.2) is 0 Å². The lowest BCUT2D eigenvalue weighted by atomic mass is 9.88. The van der Waals surface area contributed by atoms with E-state index in [2.05, 4.69) is 13.1 Å². The first-order valence-electron chi connectivity index (χ1n) is 4.58. The van der Waals surface area contributed by atoms with Crippen molar-refractivity contribution >= 4 is 19.5 Å². The van der Waals surface area contributed by atoms with E-state index in [0.717, 1.165) is 12.8 Å². The molecular formula is C9H17NOSi. The van der Waals surface area contributed by atoms with Crippen molar-refractivity contribution in [3.63, 3.8) is 0 Å². The molecule has 2 N–H and O–H groups in total. The normalized spacial score (nSPS) is 23.8. The standard InChI is InChI=1S/C9H17NOSi/c1-12(2)8-6-4-3-5-7(8)9(10)11/h7H,3-6H2,1-2H3,(H2,10,11). The summed E-state index contributed by atoms with van der Waals surface area (Å²) in [6.45, 7) is 4.50. The summed E-state index contributed by atoms with van der Waals surface area (Å²) in [7, 11) is -0.412. The van der Waals surface area contributed by atoms with Crippen molar-refractivity contribution in [1.29, 1.82) is 0 Å². The van der Waals surface area contributed by atoms with Gasteiger partial charge >= 0.3 is 0 Å². The molecule has 1 aliphatic rings. The van der Waals surface area contributed by atoms with Gasteiger partial charge in [0.1, 0.15) is 0 Å². The second kappa shape index (κ2) is 3.98. The summed E-state index contributed by atoms with van der Waals surface area (Å²) in [4.78, 5) is 11.1. The number of carbonyl (C=O) groups excluding carboxylic acids is 1. The zero-order valence-corrected chi connectivity index (χ0v) is 8.89. The third-order valence-electron chi connectivity index (χ3n) is 2.60. The van der Waals surface area contributed by atoms with Crippen LogP contribution in [0.4, 0.5) is 0 Å². The molecule has 3 heteroatoms. The quantitative estimate of drug-likeness (QED) is 0.609. The highest BCUT2D eigenvalue weighted by Crippen LogP contribution is 2.21. The maximum absolute atomic E-state index is 11.1. The Labute approximate surface area is 75.4 Å². The molecule has 0 aliphatic heterocycles. The van der Waals surface area contributed by atoms with Crippen LogP contribution in [0.2, 0.25) is 13.1 Å². The summed E-state index contributed by atoms with van der Waals surface area (Å²) < 4.78 is 0. The minimum atomic E-state index is -0.412. The van der Waals surface area contributed by atoms with E-state index >= 15 is 0 Å². The SMILES string of the molecule is C[Si](C)=C1CCCCC1C(N)=O. The molecule has 0 saturated heterocycles. The van der Waals surface area contributed by atoms with Gasteiger partial charge in [0.05, 0.1) is 5.92 Å². The van der Waals surface area contributed by atoms with Gasteiger partial charge < -0.3 is 5.73 Å². The Morgan fingerprint density at radius 3 is 2.58 bits per heavy atom. The van der Waals surface area contributed by atoms with E-state index in [1.165, 1.54) is 18.0 Å². The van der Waals surface area contributed by atoms with Gasteiger partial charge in [0.15, 0.2) is 0 Å². The summed E-state index contributed by atoms with van der Waals surface area (Å²) in [6, 6.07) is 0. The zero-order valence-electron chi connectivity index (χ0n) is 7.89. The molecule has 0 radical (unpaired) electrons. The number of amides is 1. The molecule has 2 nitrogen and oxygen atoms in total. The molecule has 0 spiro atoms. The molecule has 0 heterocycles. The maximum atomic E-state index is 11.1. The van der Waals surface area contributed by atoms with Gasteiger partial charge in [-0.3, -0.25) is 4.79 Å². The smallest absolute Gasteiger partial charge is 0.224 e. The number of hydrogen-bond donors (Lipinski definition) is 1. The molecule has 1 saturated carbocycles. The lowest BCUT2D eigenvalue weighted by molar-refractivity contribution is -0.120.